The van der Waals surface area contributed by atoms with Crippen molar-refractivity contribution in [1.29, 1.82) is 0 Å². The van der Waals surface area contributed by atoms with Gasteiger partial charge in [0.1, 0.15) is 5.82 Å². The average Bonchev–Trinajstić information content (AvgIpc) is 2.39. The van der Waals surface area contributed by atoms with E-state index in [-0.39, 0.29) is 18.2 Å². The molecule has 0 bridgehead atoms. The van der Waals surface area contributed by atoms with Crippen molar-refractivity contribution in [2.75, 3.05) is 24.6 Å². The van der Waals surface area contributed by atoms with Crippen LogP contribution in [-0.4, -0.2) is 30.6 Å². The van der Waals surface area contributed by atoms with Gasteiger partial charge in [0.05, 0.1) is 0 Å². The maximum atomic E-state index is 13.3. The Kier molecular flexibility index (Phi) is 4.53. The predicted molar refractivity (Wildman–Crippen MR) is 73.0 cm³/mol. The van der Waals surface area contributed by atoms with Gasteiger partial charge in [0.25, 0.3) is 0 Å². The Balaban J connectivity index is 2.23. The first-order chi connectivity index (χ1) is 9.11. The van der Waals surface area contributed by atoms with E-state index in [0.29, 0.717) is 11.5 Å². The van der Waals surface area contributed by atoms with Gasteiger partial charge < -0.3 is 10.0 Å². The average molecular weight is 265 g/mol. The molecule has 3 nitrogen and oxygen atoms in total. The highest BCUT2D eigenvalue weighted by atomic mass is 19.1. The maximum Gasteiger partial charge on any atom is 0.161 e. The Morgan fingerprint density at radius 2 is 2.32 bits per heavy atom. The molecule has 0 spiro atoms. The van der Waals surface area contributed by atoms with Crippen LogP contribution in [0.15, 0.2) is 18.2 Å². The van der Waals surface area contributed by atoms with Gasteiger partial charge in [-0.3, -0.25) is 4.79 Å². The molecule has 1 atom stereocenters. The number of piperidine rings is 1. The summed E-state index contributed by atoms with van der Waals surface area (Å²) in [6.07, 6.45) is 2.93. The molecule has 1 aromatic carbocycles. The molecule has 1 heterocycles. The molecule has 0 aromatic heterocycles. The maximum absolute atomic E-state index is 13.3. The number of hydrogen-bond donors (Lipinski definition) is 1. The molecule has 104 valence electrons. The molecule has 1 fully saturated rings. The van der Waals surface area contributed by atoms with Crippen molar-refractivity contribution in [2.45, 2.75) is 26.2 Å². The standard InChI is InChI=1S/C15H20FNO2/c1-11(19)14-9-13(16)4-5-15(14)17-7-2-3-12(10-17)6-8-18/h4-5,9,12,18H,2-3,6-8,10H2,1H3. The number of aliphatic hydroxyl groups is 1. The van der Waals surface area contributed by atoms with Crippen LogP contribution < -0.4 is 4.90 Å². The zero-order valence-corrected chi connectivity index (χ0v) is 11.2. The van der Waals surface area contributed by atoms with E-state index >= 15 is 0 Å². The molecular formula is C15H20FNO2. The molecule has 4 heteroatoms. The van der Waals surface area contributed by atoms with Crippen molar-refractivity contribution in [3.8, 4) is 0 Å². The van der Waals surface area contributed by atoms with Crippen LogP contribution >= 0.6 is 0 Å². The highest BCUT2D eigenvalue weighted by molar-refractivity contribution is 5.99. The second kappa shape index (κ2) is 6.15. The summed E-state index contributed by atoms with van der Waals surface area (Å²) in [5, 5.41) is 9.03. The van der Waals surface area contributed by atoms with Gasteiger partial charge in [-0.25, -0.2) is 4.39 Å². The monoisotopic (exact) mass is 265 g/mol. The van der Waals surface area contributed by atoms with Gasteiger partial charge in [-0.2, -0.15) is 0 Å². The third kappa shape index (κ3) is 3.32. The van der Waals surface area contributed by atoms with Crippen molar-refractivity contribution in [2.24, 2.45) is 5.92 Å². The number of rotatable bonds is 4. The number of halogens is 1. The van der Waals surface area contributed by atoms with Gasteiger partial charge in [0.15, 0.2) is 5.78 Å². The number of carbonyl (C=O) groups excluding carboxylic acids is 1. The van der Waals surface area contributed by atoms with Gasteiger partial charge in [-0.05, 0) is 50.3 Å². The quantitative estimate of drug-likeness (QED) is 0.851. The summed E-state index contributed by atoms with van der Waals surface area (Å²) in [6.45, 7) is 3.37. The lowest BCUT2D eigenvalue weighted by Gasteiger charge is -2.35. The summed E-state index contributed by atoms with van der Waals surface area (Å²) in [6, 6.07) is 4.40. The summed E-state index contributed by atoms with van der Waals surface area (Å²) < 4.78 is 13.3. The molecule has 2 rings (SSSR count). The first kappa shape index (κ1) is 14.0. The molecule has 19 heavy (non-hydrogen) atoms. The fourth-order valence-corrected chi connectivity index (χ4v) is 2.77. The van der Waals surface area contributed by atoms with Crippen LogP contribution in [0.25, 0.3) is 0 Å². The van der Waals surface area contributed by atoms with Crippen molar-refractivity contribution >= 4 is 11.5 Å². The Morgan fingerprint density at radius 1 is 1.53 bits per heavy atom. The topological polar surface area (TPSA) is 40.5 Å². The SMILES string of the molecule is CC(=O)c1cc(F)ccc1N1CCCC(CCO)C1. The second-order valence-corrected chi connectivity index (χ2v) is 5.18. The number of Topliss-reactive ketones (excluding diaryl/α,β-unsaturated/α-hetero) is 1. The molecule has 0 radical (unpaired) electrons. The number of anilines is 1. The summed E-state index contributed by atoms with van der Waals surface area (Å²) >= 11 is 0. The zero-order valence-electron chi connectivity index (χ0n) is 11.2. The van der Waals surface area contributed by atoms with Crippen LogP contribution in [0.2, 0.25) is 0 Å². The summed E-state index contributed by atoms with van der Waals surface area (Å²) in [7, 11) is 0. The number of hydrogen-bond acceptors (Lipinski definition) is 3. The van der Waals surface area contributed by atoms with E-state index < -0.39 is 0 Å². The molecule has 1 aliphatic rings. The fraction of sp³-hybridized carbons (Fsp3) is 0.533. The van der Waals surface area contributed by atoms with Crippen molar-refractivity contribution < 1.29 is 14.3 Å². The minimum Gasteiger partial charge on any atom is -0.396 e. The number of nitrogens with zero attached hydrogens (tertiary/aromatic N) is 1. The zero-order chi connectivity index (χ0) is 13.8. The van der Waals surface area contributed by atoms with Crippen LogP contribution in [-0.2, 0) is 0 Å². The van der Waals surface area contributed by atoms with E-state index in [2.05, 4.69) is 4.90 Å². The number of benzene rings is 1. The van der Waals surface area contributed by atoms with Crippen LogP contribution in [0.1, 0.15) is 36.5 Å². The van der Waals surface area contributed by atoms with Gasteiger partial charge in [0, 0.05) is 30.9 Å². The van der Waals surface area contributed by atoms with E-state index in [1.54, 1.807) is 6.07 Å². The van der Waals surface area contributed by atoms with E-state index in [0.717, 1.165) is 38.0 Å². The second-order valence-electron chi connectivity index (χ2n) is 5.18. The molecule has 0 saturated carbocycles. The minimum atomic E-state index is -0.377. The lowest BCUT2D eigenvalue weighted by molar-refractivity contribution is 0.101. The van der Waals surface area contributed by atoms with E-state index in [1.165, 1.54) is 19.1 Å². The first-order valence-corrected chi connectivity index (χ1v) is 6.78. The van der Waals surface area contributed by atoms with E-state index in [4.69, 9.17) is 5.11 Å². The molecule has 1 aliphatic heterocycles. The Labute approximate surface area is 113 Å². The predicted octanol–water partition coefficient (Wildman–Crippen LogP) is 2.63. The van der Waals surface area contributed by atoms with Gasteiger partial charge in [-0.15, -0.1) is 0 Å². The number of aliphatic hydroxyl groups excluding tert-OH is 1. The fourth-order valence-electron chi connectivity index (χ4n) is 2.77. The van der Waals surface area contributed by atoms with Crippen LogP contribution in [0.5, 0.6) is 0 Å². The van der Waals surface area contributed by atoms with Crippen LogP contribution in [0.4, 0.5) is 10.1 Å². The van der Waals surface area contributed by atoms with Gasteiger partial charge in [-0.1, -0.05) is 0 Å². The first-order valence-electron chi connectivity index (χ1n) is 6.78. The van der Waals surface area contributed by atoms with Crippen molar-refractivity contribution in [1.82, 2.24) is 0 Å². The normalized spacial score (nSPS) is 19.5. The van der Waals surface area contributed by atoms with Gasteiger partial charge in [0.2, 0.25) is 0 Å². The summed E-state index contributed by atoms with van der Waals surface area (Å²) in [4.78, 5) is 13.8. The van der Waals surface area contributed by atoms with Gasteiger partial charge >= 0.3 is 0 Å². The summed E-state index contributed by atoms with van der Waals surface area (Å²) in [5.41, 5.74) is 1.26. The van der Waals surface area contributed by atoms with Crippen LogP contribution in [0, 0.1) is 11.7 Å². The van der Waals surface area contributed by atoms with Crippen LogP contribution in [0.3, 0.4) is 0 Å². The number of carbonyl (C=O) groups is 1. The third-order valence-electron chi connectivity index (χ3n) is 3.73. The molecule has 0 aliphatic carbocycles. The lowest BCUT2D eigenvalue weighted by Crippen LogP contribution is -2.36. The lowest BCUT2D eigenvalue weighted by atomic mass is 9.94. The third-order valence-corrected chi connectivity index (χ3v) is 3.73. The molecule has 1 unspecified atom stereocenters. The Bertz CT molecular complexity index is 459. The molecule has 1 aromatic rings. The summed E-state index contributed by atoms with van der Waals surface area (Å²) in [5.74, 6) is -0.0414. The highest BCUT2D eigenvalue weighted by Crippen LogP contribution is 2.28. The highest BCUT2D eigenvalue weighted by Gasteiger charge is 2.22. The number of ketones is 1. The molecule has 0 amide bonds. The molecule has 1 saturated heterocycles. The largest absolute Gasteiger partial charge is 0.396 e. The molecule has 1 N–H and O–H groups in total. The smallest absolute Gasteiger partial charge is 0.161 e. The van der Waals surface area contributed by atoms with Crippen molar-refractivity contribution in [3.05, 3.63) is 29.6 Å². The Morgan fingerprint density at radius 3 is 3.00 bits per heavy atom. The Hall–Kier alpha value is -1.42. The van der Waals surface area contributed by atoms with E-state index in [9.17, 15) is 9.18 Å². The van der Waals surface area contributed by atoms with E-state index in [1.807, 2.05) is 0 Å². The minimum absolute atomic E-state index is 0.112. The molecular weight excluding hydrogens is 245 g/mol. The van der Waals surface area contributed by atoms with Crippen molar-refractivity contribution in [3.63, 3.8) is 0 Å².